The van der Waals surface area contributed by atoms with Crippen molar-refractivity contribution in [3.8, 4) is 17.2 Å². The molecule has 2 aromatic carbocycles. The summed E-state index contributed by atoms with van der Waals surface area (Å²) in [5, 5.41) is 52.5. The minimum Gasteiger partial charge on any atom is -0.476 e. The molecule has 0 bridgehead atoms. The molecule has 1 heterocycles. The number of rotatable bonds is 9. The lowest BCUT2D eigenvalue weighted by Crippen LogP contribution is -2.68. The van der Waals surface area contributed by atoms with Crippen molar-refractivity contribution in [2.75, 3.05) is 6.61 Å². The largest absolute Gasteiger partial charge is 0.476 e. The Hall–Kier alpha value is -3.22. The average molecular weight is 477 g/mol. The Bertz CT molecular complexity index is 969. The molecular formula is C23H27NO10. The molecule has 0 radical (unpaired) electrons. The SMILES string of the molecule is CC(=O)N[C@H]1[C@H]([C@@H](O)[C@H](O)CO)O[C@@](Oc2ccc(Oc3ccccc3)cc2)(C(=O)O)C[C@@H]1O. The Morgan fingerprint density at radius 3 is 2.24 bits per heavy atom. The first-order valence-corrected chi connectivity index (χ1v) is 10.5. The fourth-order valence-electron chi connectivity index (χ4n) is 3.62. The van der Waals surface area contributed by atoms with E-state index in [-0.39, 0.29) is 5.75 Å². The van der Waals surface area contributed by atoms with Crippen LogP contribution in [0.4, 0.5) is 0 Å². The van der Waals surface area contributed by atoms with Crippen LogP contribution >= 0.6 is 0 Å². The molecule has 0 unspecified atom stereocenters. The third-order valence-electron chi connectivity index (χ3n) is 5.27. The normalized spacial score (nSPS) is 26.2. The molecule has 184 valence electrons. The van der Waals surface area contributed by atoms with Gasteiger partial charge in [0.2, 0.25) is 5.91 Å². The van der Waals surface area contributed by atoms with Crippen LogP contribution in [0.25, 0.3) is 0 Å². The summed E-state index contributed by atoms with van der Waals surface area (Å²) in [6.45, 7) is 0.293. The zero-order valence-corrected chi connectivity index (χ0v) is 18.3. The molecule has 3 rings (SSSR count). The van der Waals surface area contributed by atoms with Gasteiger partial charge in [0.15, 0.2) is 0 Å². The molecule has 11 nitrogen and oxygen atoms in total. The summed E-state index contributed by atoms with van der Waals surface area (Å²) in [6, 6.07) is 13.7. The van der Waals surface area contributed by atoms with Crippen LogP contribution in [0.2, 0.25) is 0 Å². The zero-order chi connectivity index (χ0) is 24.9. The first-order chi connectivity index (χ1) is 16.1. The number of carbonyl (C=O) groups excluding carboxylic acids is 1. The first-order valence-electron chi connectivity index (χ1n) is 10.5. The van der Waals surface area contributed by atoms with E-state index in [1.165, 1.54) is 12.1 Å². The highest BCUT2D eigenvalue weighted by Crippen LogP contribution is 2.35. The van der Waals surface area contributed by atoms with Gasteiger partial charge in [-0.3, -0.25) is 4.79 Å². The average Bonchev–Trinajstić information content (AvgIpc) is 2.81. The van der Waals surface area contributed by atoms with Gasteiger partial charge in [-0.2, -0.15) is 0 Å². The van der Waals surface area contributed by atoms with Crippen molar-refractivity contribution < 1.29 is 49.3 Å². The van der Waals surface area contributed by atoms with Gasteiger partial charge in [-0.1, -0.05) is 18.2 Å². The fraction of sp³-hybridized carbons (Fsp3) is 0.391. The van der Waals surface area contributed by atoms with E-state index in [1.807, 2.05) is 18.2 Å². The van der Waals surface area contributed by atoms with E-state index >= 15 is 0 Å². The summed E-state index contributed by atoms with van der Waals surface area (Å²) >= 11 is 0. The van der Waals surface area contributed by atoms with Crippen molar-refractivity contribution in [2.24, 2.45) is 0 Å². The molecule has 2 aromatic rings. The monoisotopic (exact) mass is 477 g/mol. The van der Waals surface area contributed by atoms with Crippen LogP contribution in [0.15, 0.2) is 54.6 Å². The summed E-state index contributed by atoms with van der Waals surface area (Å²) in [6.07, 6.45) is -7.33. The second-order valence-corrected chi connectivity index (χ2v) is 7.87. The quantitative estimate of drug-likeness (QED) is 0.288. The van der Waals surface area contributed by atoms with Crippen molar-refractivity contribution in [3.63, 3.8) is 0 Å². The van der Waals surface area contributed by atoms with Crippen LogP contribution in [0.1, 0.15) is 13.3 Å². The van der Waals surface area contributed by atoms with Gasteiger partial charge in [0.05, 0.1) is 25.2 Å². The van der Waals surface area contributed by atoms with E-state index in [1.54, 1.807) is 24.3 Å². The molecule has 0 aromatic heterocycles. The third-order valence-corrected chi connectivity index (χ3v) is 5.27. The first kappa shape index (κ1) is 25.4. The van der Waals surface area contributed by atoms with Crippen LogP contribution in [0.5, 0.6) is 17.2 Å². The number of aliphatic carboxylic acids is 1. The van der Waals surface area contributed by atoms with E-state index in [4.69, 9.17) is 14.2 Å². The van der Waals surface area contributed by atoms with Gasteiger partial charge in [-0.15, -0.1) is 0 Å². The number of carboxylic acid groups (broad SMARTS) is 1. The number of amides is 1. The van der Waals surface area contributed by atoms with Crippen molar-refractivity contribution in [3.05, 3.63) is 54.6 Å². The highest BCUT2D eigenvalue weighted by Gasteiger charge is 2.56. The molecule has 0 aliphatic carbocycles. The number of aliphatic hydroxyl groups is 4. The van der Waals surface area contributed by atoms with Gasteiger partial charge in [0.25, 0.3) is 0 Å². The van der Waals surface area contributed by atoms with Gasteiger partial charge in [-0.25, -0.2) is 4.79 Å². The number of aliphatic hydroxyl groups excluding tert-OH is 4. The smallest absolute Gasteiger partial charge is 0.377 e. The minimum absolute atomic E-state index is 0.0592. The number of para-hydroxylation sites is 1. The standard InChI is InChI=1S/C23H27NO10/c1-13(26)24-19-17(27)11-23(22(30)31,34-21(19)20(29)18(28)12-25)33-16-9-7-15(8-10-16)32-14-5-3-2-4-6-14/h2-10,17-21,25,27-29H,11-12H2,1H3,(H,24,26)(H,30,31)/t17-,18+,19+,20-,21+,23+/m0/s1. The van der Waals surface area contributed by atoms with Gasteiger partial charge in [0, 0.05) is 6.92 Å². The summed E-state index contributed by atoms with van der Waals surface area (Å²) < 4.78 is 16.9. The minimum atomic E-state index is -2.46. The number of hydrogen-bond donors (Lipinski definition) is 6. The van der Waals surface area contributed by atoms with E-state index in [0.29, 0.717) is 11.5 Å². The van der Waals surface area contributed by atoms with Gasteiger partial charge in [-0.05, 0) is 36.4 Å². The highest BCUT2D eigenvalue weighted by atomic mass is 16.7. The Morgan fingerprint density at radius 1 is 1.09 bits per heavy atom. The predicted molar refractivity (Wildman–Crippen MR) is 116 cm³/mol. The van der Waals surface area contributed by atoms with Gasteiger partial charge in [0.1, 0.15) is 35.6 Å². The highest BCUT2D eigenvalue weighted by molar-refractivity contribution is 5.77. The molecule has 1 aliphatic rings. The Morgan fingerprint density at radius 2 is 1.68 bits per heavy atom. The number of nitrogens with one attached hydrogen (secondary N) is 1. The second-order valence-electron chi connectivity index (χ2n) is 7.87. The predicted octanol–water partition coefficient (Wildman–Crippen LogP) is 0.00720. The summed E-state index contributed by atoms with van der Waals surface area (Å²) in [7, 11) is 0. The number of carboxylic acids is 1. The van der Waals surface area contributed by atoms with E-state index in [9.17, 15) is 35.1 Å². The summed E-state index contributed by atoms with van der Waals surface area (Å²) in [5.41, 5.74) is 0. The fourth-order valence-corrected chi connectivity index (χ4v) is 3.62. The number of benzene rings is 2. The van der Waals surface area contributed by atoms with E-state index in [0.717, 1.165) is 6.92 Å². The van der Waals surface area contributed by atoms with Crippen LogP contribution in [-0.2, 0) is 14.3 Å². The maximum Gasteiger partial charge on any atom is 0.377 e. The molecule has 34 heavy (non-hydrogen) atoms. The lowest BCUT2D eigenvalue weighted by Gasteiger charge is -2.46. The van der Waals surface area contributed by atoms with Crippen LogP contribution in [-0.4, -0.2) is 80.3 Å². The van der Waals surface area contributed by atoms with Crippen LogP contribution in [0, 0.1) is 0 Å². The molecule has 11 heteroatoms. The topological polar surface area (TPSA) is 175 Å². The summed E-state index contributed by atoms with van der Waals surface area (Å²) in [4.78, 5) is 23.8. The molecule has 6 atom stereocenters. The Labute approximate surface area is 195 Å². The Kier molecular flexibility index (Phi) is 8.07. The van der Waals surface area contributed by atoms with Gasteiger partial charge >= 0.3 is 11.8 Å². The van der Waals surface area contributed by atoms with Crippen LogP contribution < -0.4 is 14.8 Å². The molecular weight excluding hydrogens is 450 g/mol. The maximum atomic E-state index is 12.2. The van der Waals surface area contributed by atoms with Gasteiger partial charge < -0.3 is 45.1 Å². The van der Waals surface area contributed by atoms with Crippen molar-refractivity contribution in [1.29, 1.82) is 0 Å². The molecule has 1 aliphatic heterocycles. The number of carbonyl (C=O) groups is 2. The van der Waals surface area contributed by atoms with Crippen molar-refractivity contribution in [1.82, 2.24) is 5.32 Å². The lowest BCUT2D eigenvalue weighted by molar-refractivity contribution is -0.284. The van der Waals surface area contributed by atoms with Crippen LogP contribution in [0.3, 0.4) is 0 Å². The summed E-state index contributed by atoms with van der Waals surface area (Å²) in [5.74, 6) is -3.53. The number of hydrogen-bond acceptors (Lipinski definition) is 9. The molecule has 0 spiro atoms. The molecule has 6 N–H and O–H groups in total. The zero-order valence-electron chi connectivity index (χ0n) is 18.3. The molecule has 1 fully saturated rings. The van der Waals surface area contributed by atoms with Crippen molar-refractivity contribution in [2.45, 2.75) is 49.6 Å². The van der Waals surface area contributed by atoms with E-state index in [2.05, 4.69) is 5.32 Å². The van der Waals surface area contributed by atoms with E-state index < -0.39 is 61.1 Å². The maximum absolute atomic E-state index is 12.2. The molecule has 1 saturated heterocycles. The third kappa shape index (κ3) is 5.82. The molecule has 1 amide bonds. The Balaban J connectivity index is 1.84. The number of ether oxygens (including phenoxy) is 3. The molecule has 0 saturated carbocycles. The lowest BCUT2D eigenvalue weighted by atomic mass is 9.88. The second kappa shape index (κ2) is 10.8. The van der Waals surface area contributed by atoms with Crippen molar-refractivity contribution >= 4 is 11.9 Å².